The molecule has 1 unspecified atom stereocenters. The zero-order valence-electron chi connectivity index (χ0n) is 11.4. The molecule has 1 aliphatic rings. The Labute approximate surface area is 122 Å². The third-order valence-corrected chi connectivity index (χ3v) is 3.96. The average molecular weight is 280 g/mol. The van der Waals surface area contributed by atoms with Gasteiger partial charge in [-0.2, -0.15) is 0 Å². The van der Waals surface area contributed by atoms with E-state index in [0.717, 1.165) is 16.8 Å². The quantitative estimate of drug-likeness (QED) is 0.903. The number of hydrogen-bond donors (Lipinski definition) is 2. The van der Waals surface area contributed by atoms with Gasteiger partial charge in [-0.05, 0) is 23.6 Å². The van der Waals surface area contributed by atoms with Crippen LogP contribution < -0.4 is 5.73 Å². The number of carboxylic acids is 1. The van der Waals surface area contributed by atoms with Crippen LogP contribution in [-0.4, -0.2) is 23.3 Å². The van der Waals surface area contributed by atoms with Crippen molar-refractivity contribution >= 4 is 17.9 Å². The van der Waals surface area contributed by atoms with Crippen LogP contribution in [-0.2, 0) is 10.2 Å². The van der Waals surface area contributed by atoms with Crippen molar-refractivity contribution in [2.45, 2.75) is 17.9 Å². The second-order valence-electron chi connectivity index (χ2n) is 5.26. The molecule has 0 radical (unpaired) electrons. The minimum atomic E-state index is -0.997. The van der Waals surface area contributed by atoms with Gasteiger partial charge in [0.15, 0.2) is 0 Å². The first-order valence-electron chi connectivity index (χ1n) is 6.82. The topological polar surface area (TPSA) is 75.7 Å². The molecule has 106 valence electrons. The van der Waals surface area contributed by atoms with E-state index < -0.39 is 17.4 Å². The van der Waals surface area contributed by atoms with Gasteiger partial charge in [0.2, 0.25) is 0 Å². The molecule has 21 heavy (non-hydrogen) atoms. The molecule has 0 saturated carbocycles. The lowest BCUT2D eigenvalue weighted by Gasteiger charge is -2.30. The number of hydrogen-bond acceptors (Lipinski definition) is 3. The van der Waals surface area contributed by atoms with E-state index in [-0.39, 0.29) is 6.42 Å². The molecule has 1 aliphatic heterocycles. The van der Waals surface area contributed by atoms with Crippen molar-refractivity contribution in [3.8, 4) is 0 Å². The van der Waals surface area contributed by atoms with E-state index in [9.17, 15) is 9.90 Å². The maximum Gasteiger partial charge on any atom is 0.320 e. The van der Waals surface area contributed by atoms with Gasteiger partial charge in [-0.3, -0.25) is 9.79 Å². The van der Waals surface area contributed by atoms with Crippen LogP contribution >= 0.6 is 0 Å². The second-order valence-corrected chi connectivity index (χ2v) is 5.26. The van der Waals surface area contributed by atoms with Gasteiger partial charge in [0.05, 0.1) is 11.1 Å². The molecule has 0 saturated heterocycles. The van der Waals surface area contributed by atoms with Gasteiger partial charge in [0.1, 0.15) is 6.04 Å². The van der Waals surface area contributed by atoms with Gasteiger partial charge in [0.25, 0.3) is 0 Å². The van der Waals surface area contributed by atoms with Gasteiger partial charge in [0, 0.05) is 6.21 Å². The van der Waals surface area contributed by atoms with Crippen LogP contribution in [0.15, 0.2) is 59.6 Å². The summed E-state index contributed by atoms with van der Waals surface area (Å²) in [5, 5.41) is 9.18. The Hall–Kier alpha value is -2.46. The molecular formula is C17H16N2O2. The van der Waals surface area contributed by atoms with Crippen molar-refractivity contribution in [1.29, 1.82) is 0 Å². The number of carbonyl (C=O) groups is 1. The van der Waals surface area contributed by atoms with Crippen LogP contribution in [0.5, 0.6) is 0 Å². The van der Waals surface area contributed by atoms with Gasteiger partial charge in [-0.15, -0.1) is 0 Å². The summed E-state index contributed by atoms with van der Waals surface area (Å²) in [5.74, 6) is -0.997. The van der Waals surface area contributed by atoms with Crippen molar-refractivity contribution in [1.82, 2.24) is 0 Å². The van der Waals surface area contributed by atoms with Gasteiger partial charge >= 0.3 is 5.97 Å². The monoisotopic (exact) mass is 280 g/mol. The van der Waals surface area contributed by atoms with Crippen molar-refractivity contribution in [3.05, 3.63) is 65.7 Å². The van der Waals surface area contributed by atoms with Crippen LogP contribution in [0.25, 0.3) is 0 Å². The fourth-order valence-corrected chi connectivity index (χ4v) is 2.89. The third kappa shape index (κ3) is 2.23. The summed E-state index contributed by atoms with van der Waals surface area (Å²) in [7, 11) is 0. The number of aliphatic imine (C=N–C) groups is 1. The molecule has 0 fully saturated rings. The number of carboxylic acid groups (broad SMARTS) is 1. The summed E-state index contributed by atoms with van der Waals surface area (Å²) in [4.78, 5) is 15.7. The molecule has 0 amide bonds. The summed E-state index contributed by atoms with van der Waals surface area (Å²) < 4.78 is 0. The molecule has 2 atom stereocenters. The SMILES string of the molecule is N[C@@H](CC1(c2ccccc2)C=Nc2ccccc21)C(=O)O. The molecule has 0 spiro atoms. The summed E-state index contributed by atoms with van der Waals surface area (Å²) in [6, 6.07) is 16.6. The fourth-order valence-electron chi connectivity index (χ4n) is 2.89. The maximum atomic E-state index is 11.2. The summed E-state index contributed by atoms with van der Waals surface area (Å²) in [6.45, 7) is 0. The maximum absolute atomic E-state index is 11.2. The van der Waals surface area contributed by atoms with Gasteiger partial charge < -0.3 is 10.8 Å². The molecule has 2 aromatic carbocycles. The number of rotatable bonds is 4. The first-order valence-corrected chi connectivity index (χ1v) is 6.82. The van der Waals surface area contributed by atoms with Crippen LogP contribution in [0.3, 0.4) is 0 Å². The Morgan fingerprint density at radius 3 is 2.52 bits per heavy atom. The molecule has 3 N–H and O–H groups in total. The highest BCUT2D eigenvalue weighted by atomic mass is 16.4. The zero-order valence-corrected chi connectivity index (χ0v) is 11.4. The van der Waals surface area contributed by atoms with E-state index in [0.29, 0.717) is 0 Å². The lowest BCUT2D eigenvalue weighted by molar-refractivity contribution is -0.138. The Morgan fingerprint density at radius 2 is 1.81 bits per heavy atom. The van der Waals surface area contributed by atoms with E-state index >= 15 is 0 Å². The largest absolute Gasteiger partial charge is 0.480 e. The second kappa shape index (κ2) is 5.14. The molecule has 0 aromatic heterocycles. The lowest BCUT2D eigenvalue weighted by Crippen LogP contribution is -2.40. The highest BCUT2D eigenvalue weighted by molar-refractivity contribution is 5.90. The zero-order chi connectivity index (χ0) is 14.9. The highest BCUT2D eigenvalue weighted by Crippen LogP contribution is 2.44. The van der Waals surface area contributed by atoms with E-state index in [1.54, 1.807) is 0 Å². The average Bonchev–Trinajstić information content (AvgIpc) is 2.88. The predicted molar refractivity (Wildman–Crippen MR) is 82.0 cm³/mol. The molecule has 3 rings (SSSR count). The smallest absolute Gasteiger partial charge is 0.320 e. The Balaban J connectivity index is 2.14. The van der Waals surface area contributed by atoms with Gasteiger partial charge in [-0.1, -0.05) is 48.5 Å². The number of para-hydroxylation sites is 1. The number of nitrogens with zero attached hydrogens (tertiary/aromatic N) is 1. The van der Waals surface area contributed by atoms with Crippen LogP contribution in [0.1, 0.15) is 17.5 Å². The molecule has 4 nitrogen and oxygen atoms in total. The van der Waals surface area contributed by atoms with E-state index in [1.807, 2.05) is 60.8 Å². The third-order valence-electron chi connectivity index (χ3n) is 3.96. The Bertz CT molecular complexity index is 697. The number of nitrogens with two attached hydrogens (primary N) is 1. The minimum absolute atomic E-state index is 0.285. The van der Waals surface area contributed by atoms with E-state index in [1.165, 1.54) is 0 Å². The standard InChI is InChI=1S/C17H16N2O2/c18-14(16(20)21)10-17(12-6-2-1-3-7-12)11-19-15-9-5-4-8-13(15)17/h1-9,11,14H,10,18H2,(H,20,21)/t14-,17?/m0/s1. The van der Waals surface area contributed by atoms with Crippen molar-refractivity contribution in [2.75, 3.05) is 0 Å². The van der Waals surface area contributed by atoms with Crippen LogP contribution in [0.4, 0.5) is 5.69 Å². The van der Waals surface area contributed by atoms with Gasteiger partial charge in [-0.25, -0.2) is 0 Å². The van der Waals surface area contributed by atoms with E-state index in [2.05, 4.69) is 4.99 Å². The molecule has 0 aliphatic carbocycles. The molecule has 4 heteroatoms. The minimum Gasteiger partial charge on any atom is -0.480 e. The predicted octanol–water partition coefficient (Wildman–Crippen LogP) is 2.49. The molecule has 2 aromatic rings. The summed E-state index contributed by atoms with van der Waals surface area (Å²) in [6.07, 6.45) is 2.11. The molecular weight excluding hydrogens is 264 g/mol. The molecule has 1 heterocycles. The number of benzene rings is 2. The Kier molecular flexibility index (Phi) is 3.31. The van der Waals surface area contributed by atoms with Crippen LogP contribution in [0, 0.1) is 0 Å². The number of aliphatic carboxylic acids is 1. The van der Waals surface area contributed by atoms with Crippen LogP contribution in [0.2, 0.25) is 0 Å². The normalized spacial score (nSPS) is 21.0. The van der Waals surface area contributed by atoms with Crippen molar-refractivity contribution in [3.63, 3.8) is 0 Å². The Morgan fingerprint density at radius 1 is 1.14 bits per heavy atom. The van der Waals surface area contributed by atoms with Crippen molar-refractivity contribution < 1.29 is 9.90 Å². The highest BCUT2D eigenvalue weighted by Gasteiger charge is 2.40. The first-order chi connectivity index (χ1) is 10.1. The lowest BCUT2D eigenvalue weighted by atomic mass is 9.72. The summed E-state index contributed by atoms with van der Waals surface area (Å²) >= 11 is 0. The fraction of sp³-hybridized carbons (Fsp3) is 0.176. The number of fused-ring (bicyclic) bond motifs is 1. The first kappa shape index (κ1) is 13.5. The molecule has 0 bridgehead atoms. The van der Waals surface area contributed by atoms with Crippen molar-refractivity contribution in [2.24, 2.45) is 10.7 Å². The summed E-state index contributed by atoms with van der Waals surface area (Å²) in [5.41, 5.74) is 8.13. The van der Waals surface area contributed by atoms with E-state index in [4.69, 9.17) is 5.73 Å².